The third-order valence-electron chi connectivity index (χ3n) is 4.79. The molecule has 1 saturated heterocycles. The van der Waals surface area contributed by atoms with Gasteiger partial charge in [0.15, 0.2) is 0 Å². The summed E-state index contributed by atoms with van der Waals surface area (Å²) < 4.78 is 5.42. The Hall–Kier alpha value is -3.15. The molecule has 2 aromatic rings. The van der Waals surface area contributed by atoms with Crippen molar-refractivity contribution in [2.75, 3.05) is 0 Å². The largest absolute Gasteiger partial charge is 0.433 e. The van der Waals surface area contributed by atoms with Gasteiger partial charge in [-0.3, -0.25) is 14.5 Å². The maximum Gasteiger partial charge on any atom is 0.340 e. The van der Waals surface area contributed by atoms with Crippen LogP contribution in [0.3, 0.4) is 0 Å². The number of nitrogens with zero attached hydrogens (tertiary/aromatic N) is 1. The number of rotatable bonds is 4. The fraction of sp³-hybridized carbons (Fsp3) is 0.250. The fourth-order valence-corrected chi connectivity index (χ4v) is 3.49. The average Bonchev–Trinajstić information content (AvgIpc) is 3.21. The van der Waals surface area contributed by atoms with E-state index < -0.39 is 18.2 Å². The number of carbonyl (C=O) groups is 3. The summed E-state index contributed by atoms with van der Waals surface area (Å²) in [5.74, 6) is -0.881. The van der Waals surface area contributed by atoms with Gasteiger partial charge in [0.05, 0.1) is 5.56 Å². The summed E-state index contributed by atoms with van der Waals surface area (Å²) in [5, 5.41) is 2.88. The molecule has 0 unspecified atom stereocenters. The highest BCUT2D eigenvalue weighted by molar-refractivity contribution is 5.96. The summed E-state index contributed by atoms with van der Waals surface area (Å²) in [4.78, 5) is 38.6. The second-order valence-electron chi connectivity index (χ2n) is 6.40. The van der Waals surface area contributed by atoms with Gasteiger partial charge in [0.1, 0.15) is 6.04 Å². The number of nitrogens with one attached hydrogen (secondary N) is 1. The van der Waals surface area contributed by atoms with E-state index in [4.69, 9.17) is 4.74 Å². The maximum absolute atomic E-state index is 12.7. The van der Waals surface area contributed by atoms with E-state index >= 15 is 0 Å². The molecule has 1 N–H and O–H groups in total. The van der Waals surface area contributed by atoms with Crippen molar-refractivity contribution in [1.82, 2.24) is 10.2 Å². The van der Waals surface area contributed by atoms with Crippen LogP contribution < -0.4 is 5.32 Å². The Labute approximate surface area is 150 Å². The van der Waals surface area contributed by atoms with E-state index in [0.717, 1.165) is 5.56 Å². The lowest BCUT2D eigenvalue weighted by Gasteiger charge is -2.29. The van der Waals surface area contributed by atoms with Crippen molar-refractivity contribution in [3.63, 3.8) is 0 Å². The lowest BCUT2D eigenvalue weighted by molar-refractivity contribution is -0.145. The molecule has 26 heavy (non-hydrogen) atoms. The lowest BCUT2D eigenvalue weighted by Crippen LogP contribution is -2.46. The summed E-state index contributed by atoms with van der Waals surface area (Å²) in [6, 6.07) is 15.9. The van der Waals surface area contributed by atoms with Gasteiger partial charge < -0.3 is 10.1 Å². The first-order chi connectivity index (χ1) is 12.6. The Bertz CT molecular complexity index is 865. The SMILES string of the molecule is O=C1O[C@H](N2C(=O)CC[C@H]2C(=O)NCc2ccccc2)c2ccccc21. The van der Waals surface area contributed by atoms with Gasteiger partial charge >= 0.3 is 5.97 Å². The molecule has 6 heteroatoms. The molecule has 6 nitrogen and oxygen atoms in total. The molecule has 4 rings (SSSR count). The third-order valence-corrected chi connectivity index (χ3v) is 4.79. The quantitative estimate of drug-likeness (QED) is 0.858. The highest BCUT2D eigenvalue weighted by atomic mass is 16.6. The second kappa shape index (κ2) is 6.63. The number of esters is 1. The molecule has 132 valence electrons. The predicted octanol–water partition coefficient (Wildman–Crippen LogP) is 2.16. The smallest absolute Gasteiger partial charge is 0.340 e. The van der Waals surface area contributed by atoms with Crippen molar-refractivity contribution in [2.24, 2.45) is 0 Å². The van der Waals surface area contributed by atoms with Crippen LogP contribution in [0.1, 0.15) is 40.6 Å². The Morgan fingerprint density at radius 3 is 2.62 bits per heavy atom. The number of ether oxygens (including phenoxy) is 1. The molecule has 0 aromatic heterocycles. The van der Waals surface area contributed by atoms with Gasteiger partial charge in [0.2, 0.25) is 18.0 Å². The molecule has 2 atom stereocenters. The zero-order chi connectivity index (χ0) is 18.1. The van der Waals surface area contributed by atoms with Crippen LogP contribution in [0.5, 0.6) is 0 Å². The minimum atomic E-state index is -0.832. The second-order valence-corrected chi connectivity index (χ2v) is 6.40. The number of hydrogen-bond donors (Lipinski definition) is 1. The van der Waals surface area contributed by atoms with Gasteiger partial charge in [-0.25, -0.2) is 4.79 Å². The number of benzene rings is 2. The first-order valence-corrected chi connectivity index (χ1v) is 8.58. The van der Waals surface area contributed by atoms with Crippen LogP contribution in [-0.4, -0.2) is 28.7 Å². The van der Waals surface area contributed by atoms with Gasteiger partial charge in [-0.2, -0.15) is 0 Å². The Kier molecular flexibility index (Phi) is 4.16. The molecule has 0 spiro atoms. The molecule has 2 aliphatic heterocycles. The Balaban J connectivity index is 1.53. The third kappa shape index (κ3) is 2.83. The minimum Gasteiger partial charge on any atom is -0.433 e. The zero-order valence-electron chi connectivity index (χ0n) is 14.1. The summed E-state index contributed by atoms with van der Waals surface area (Å²) >= 11 is 0. The van der Waals surface area contributed by atoms with E-state index in [1.807, 2.05) is 30.3 Å². The summed E-state index contributed by atoms with van der Waals surface area (Å²) in [6.07, 6.45) is -0.156. The molecule has 1 fully saturated rings. The number of likely N-dealkylation sites (tertiary alicyclic amines) is 1. The first kappa shape index (κ1) is 16.3. The van der Waals surface area contributed by atoms with E-state index in [2.05, 4.69) is 5.32 Å². The van der Waals surface area contributed by atoms with E-state index in [9.17, 15) is 14.4 Å². The van der Waals surface area contributed by atoms with Gasteiger partial charge in [0.25, 0.3) is 0 Å². The summed E-state index contributed by atoms with van der Waals surface area (Å²) in [5.41, 5.74) is 2.06. The van der Waals surface area contributed by atoms with Crippen LogP contribution in [0.4, 0.5) is 0 Å². The van der Waals surface area contributed by atoms with Crippen molar-refractivity contribution in [3.05, 3.63) is 71.3 Å². The van der Waals surface area contributed by atoms with Crippen LogP contribution in [0, 0.1) is 0 Å². The highest BCUT2D eigenvalue weighted by Crippen LogP contribution is 2.38. The number of fused-ring (bicyclic) bond motifs is 1. The summed E-state index contributed by atoms with van der Waals surface area (Å²) in [6.45, 7) is 0.388. The van der Waals surface area contributed by atoms with Gasteiger partial charge in [0, 0.05) is 18.5 Å². The highest BCUT2D eigenvalue weighted by Gasteiger charge is 2.46. The Morgan fingerprint density at radius 1 is 1.08 bits per heavy atom. The van der Waals surface area contributed by atoms with Crippen molar-refractivity contribution in [3.8, 4) is 0 Å². The lowest BCUT2D eigenvalue weighted by atomic mass is 10.1. The average molecular weight is 350 g/mol. The standard InChI is InChI=1S/C20H18N2O4/c23-17-11-10-16(18(24)21-12-13-6-2-1-3-7-13)22(17)19-14-8-4-5-9-15(14)20(25)26-19/h1-9,16,19H,10-12H2,(H,21,24)/t16-,19-/m0/s1. The van der Waals surface area contributed by atoms with Gasteiger partial charge in [-0.1, -0.05) is 48.5 Å². The normalized spacial score (nSPS) is 21.5. The molecular formula is C20H18N2O4. The van der Waals surface area contributed by atoms with Crippen molar-refractivity contribution in [2.45, 2.75) is 31.7 Å². The van der Waals surface area contributed by atoms with Crippen LogP contribution in [0.25, 0.3) is 0 Å². The minimum absolute atomic E-state index is 0.181. The Morgan fingerprint density at radius 2 is 1.81 bits per heavy atom. The molecule has 0 radical (unpaired) electrons. The van der Waals surface area contributed by atoms with Crippen molar-refractivity contribution < 1.29 is 19.1 Å². The van der Waals surface area contributed by atoms with E-state index in [-0.39, 0.29) is 18.2 Å². The number of amides is 2. The molecule has 2 aliphatic rings. The van der Waals surface area contributed by atoms with Gasteiger partial charge in [-0.15, -0.1) is 0 Å². The number of hydrogen-bond acceptors (Lipinski definition) is 4. The molecule has 2 amide bonds. The van der Waals surface area contributed by atoms with E-state index in [0.29, 0.717) is 24.1 Å². The van der Waals surface area contributed by atoms with E-state index in [1.165, 1.54) is 4.90 Å². The number of cyclic esters (lactones) is 1. The van der Waals surface area contributed by atoms with Gasteiger partial charge in [-0.05, 0) is 18.1 Å². The topological polar surface area (TPSA) is 75.7 Å². The molecule has 2 heterocycles. The van der Waals surface area contributed by atoms with Crippen LogP contribution >= 0.6 is 0 Å². The van der Waals surface area contributed by atoms with Crippen molar-refractivity contribution in [1.29, 1.82) is 0 Å². The monoisotopic (exact) mass is 350 g/mol. The number of carbonyl (C=O) groups excluding carboxylic acids is 3. The maximum atomic E-state index is 12.7. The fourth-order valence-electron chi connectivity index (χ4n) is 3.49. The summed E-state index contributed by atoms with van der Waals surface area (Å²) in [7, 11) is 0. The molecular weight excluding hydrogens is 332 g/mol. The van der Waals surface area contributed by atoms with Crippen LogP contribution in [-0.2, 0) is 20.9 Å². The molecule has 2 aromatic carbocycles. The zero-order valence-corrected chi connectivity index (χ0v) is 14.1. The van der Waals surface area contributed by atoms with E-state index in [1.54, 1.807) is 24.3 Å². The predicted molar refractivity (Wildman–Crippen MR) is 92.8 cm³/mol. The molecule has 0 saturated carbocycles. The van der Waals surface area contributed by atoms with Crippen molar-refractivity contribution >= 4 is 17.8 Å². The molecule has 0 aliphatic carbocycles. The van der Waals surface area contributed by atoms with Crippen LogP contribution in [0.15, 0.2) is 54.6 Å². The molecule has 0 bridgehead atoms. The first-order valence-electron chi connectivity index (χ1n) is 8.58. The van der Waals surface area contributed by atoms with Crippen LogP contribution in [0.2, 0.25) is 0 Å².